The highest BCUT2D eigenvalue weighted by Gasteiger charge is 2.32. The highest BCUT2D eigenvalue weighted by atomic mass is 16.6. The number of hydrogen-bond donors (Lipinski definition) is 1. The summed E-state index contributed by atoms with van der Waals surface area (Å²) >= 11 is 0. The number of nitro groups is 1. The van der Waals surface area contributed by atoms with Gasteiger partial charge >= 0.3 is 0 Å². The number of nitrogens with zero attached hydrogens (tertiary/aromatic N) is 2. The first-order chi connectivity index (χ1) is 10.0. The van der Waals surface area contributed by atoms with E-state index in [0.29, 0.717) is 24.6 Å². The lowest BCUT2D eigenvalue weighted by Crippen LogP contribution is -2.37. The van der Waals surface area contributed by atoms with E-state index >= 15 is 0 Å². The Labute approximate surface area is 124 Å². The van der Waals surface area contributed by atoms with E-state index in [9.17, 15) is 14.9 Å². The average Bonchev–Trinajstić information content (AvgIpc) is 3.30. The van der Waals surface area contributed by atoms with Crippen LogP contribution >= 0.6 is 0 Å². The Bertz CT molecular complexity index is 529. The van der Waals surface area contributed by atoms with E-state index in [0.717, 1.165) is 0 Å². The van der Waals surface area contributed by atoms with Gasteiger partial charge in [0.1, 0.15) is 5.69 Å². The molecule has 1 atom stereocenters. The summed E-state index contributed by atoms with van der Waals surface area (Å²) < 4.78 is 0. The van der Waals surface area contributed by atoms with Gasteiger partial charge < -0.3 is 10.2 Å². The Morgan fingerprint density at radius 3 is 2.76 bits per heavy atom. The van der Waals surface area contributed by atoms with Crippen LogP contribution in [0.25, 0.3) is 0 Å². The third-order valence-corrected chi connectivity index (χ3v) is 4.06. The number of rotatable bonds is 7. The Hall–Kier alpha value is -2.11. The molecule has 1 amide bonds. The fourth-order valence-electron chi connectivity index (χ4n) is 2.38. The van der Waals surface area contributed by atoms with E-state index in [2.05, 4.69) is 12.2 Å². The molecule has 0 aromatic heterocycles. The van der Waals surface area contributed by atoms with Crippen molar-refractivity contribution < 1.29 is 9.72 Å². The number of carbonyl (C=O) groups is 1. The van der Waals surface area contributed by atoms with Crippen LogP contribution < -0.4 is 5.32 Å². The molecule has 1 unspecified atom stereocenters. The number of nitrogens with one attached hydrogen (secondary N) is 1. The molecule has 1 fully saturated rings. The summed E-state index contributed by atoms with van der Waals surface area (Å²) in [7, 11) is 1.83. The van der Waals surface area contributed by atoms with Crippen molar-refractivity contribution in [3.63, 3.8) is 0 Å². The second-order valence-corrected chi connectivity index (χ2v) is 5.53. The zero-order chi connectivity index (χ0) is 15.4. The number of anilines is 1. The van der Waals surface area contributed by atoms with Crippen molar-refractivity contribution in [2.75, 3.05) is 18.9 Å². The molecule has 0 aliphatic heterocycles. The zero-order valence-corrected chi connectivity index (χ0v) is 12.4. The molecule has 2 rings (SSSR count). The van der Waals surface area contributed by atoms with E-state index < -0.39 is 4.92 Å². The van der Waals surface area contributed by atoms with E-state index in [1.54, 1.807) is 23.1 Å². The summed E-state index contributed by atoms with van der Waals surface area (Å²) in [5, 5.41) is 13.9. The molecule has 0 radical (unpaired) electrons. The lowest BCUT2D eigenvalue weighted by atomic mass is 10.2. The van der Waals surface area contributed by atoms with Crippen LogP contribution in [0.1, 0.15) is 26.2 Å². The fourth-order valence-corrected chi connectivity index (χ4v) is 2.38. The van der Waals surface area contributed by atoms with Gasteiger partial charge in [0.2, 0.25) is 5.91 Å². The van der Waals surface area contributed by atoms with Crippen LogP contribution in [-0.4, -0.2) is 35.4 Å². The smallest absolute Gasteiger partial charge is 0.292 e. The minimum atomic E-state index is -0.425. The molecule has 1 aliphatic carbocycles. The van der Waals surface area contributed by atoms with Gasteiger partial charge in [-0.25, -0.2) is 0 Å². The van der Waals surface area contributed by atoms with E-state index in [1.165, 1.54) is 18.9 Å². The van der Waals surface area contributed by atoms with Crippen LogP contribution in [0.5, 0.6) is 0 Å². The Balaban J connectivity index is 1.84. The number of para-hydroxylation sites is 2. The van der Waals surface area contributed by atoms with Gasteiger partial charge in [0.05, 0.1) is 4.92 Å². The monoisotopic (exact) mass is 291 g/mol. The summed E-state index contributed by atoms with van der Waals surface area (Å²) in [6, 6.07) is 6.74. The molecular formula is C15H21N3O3. The lowest BCUT2D eigenvalue weighted by molar-refractivity contribution is -0.384. The molecule has 1 aromatic carbocycles. The predicted molar refractivity (Wildman–Crippen MR) is 81.2 cm³/mol. The van der Waals surface area contributed by atoms with Gasteiger partial charge in [-0.15, -0.1) is 0 Å². The first kappa shape index (κ1) is 15.3. The standard InChI is InChI=1S/C15H21N3O3/c1-11(12-7-8-12)17(2)15(19)9-10-16-13-5-3-4-6-14(13)18(20)21/h3-6,11-12,16H,7-10H2,1-2H3. The van der Waals surface area contributed by atoms with E-state index in [1.807, 2.05) is 7.05 Å². The predicted octanol–water partition coefficient (Wildman–Crippen LogP) is 2.65. The minimum Gasteiger partial charge on any atom is -0.379 e. The normalized spacial score (nSPS) is 15.3. The van der Waals surface area contributed by atoms with Crippen LogP contribution in [-0.2, 0) is 4.79 Å². The van der Waals surface area contributed by atoms with Crippen LogP contribution in [0, 0.1) is 16.0 Å². The highest BCUT2D eigenvalue weighted by molar-refractivity contribution is 5.77. The summed E-state index contributed by atoms with van der Waals surface area (Å²) in [4.78, 5) is 24.3. The maximum Gasteiger partial charge on any atom is 0.292 e. The molecule has 6 heteroatoms. The van der Waals surface area contributed by atoms with E-state index in [4.69, 9.17) is 0 Å². The summed E-state index contributed by atoms with van der Waals surface area (Å²) in [5.41, 5.74) is 0.484. The van der Waals surface area contributed by atoms with Crippen LogP contribution in [0.3, 0.4) is 0 Å². The topological polar surface area (TPSA) is 75.5 Å². The van der Waals surface area contributed by atoms with Crippen molar-refractivity contribution in [2.24, 2.45) is 5.92 Å². The van der Waals surface area contributed by atoms with E-state index in [-0.39, 0.29) is 17.6 Å². The second kappa shape index (κ2) is 6.56. The minimum absolute atomic E-state index is 0.0321. The van der Waals surface area contributed by atoms with Gasteiger partial charge in [-0.1, -0.05) is 12.1 Å². The van der Waals surface area contributed by atoms with Gasteiger partial charge in [-0.05, 0) is 31.7 Å². The molecule has 0 heterocycles. The van der Waals surface area contributed by atoms with Crippen molar-refractivity contribution in [3.8, 4) is 0 Å². The first-order valence-corrected chi connectivity index (χ1v) is 7.23. The molecule has 1 aliphatic rings. The zero-order valence-electron chi connectivity index (χ0n) is 12.4. The third kappa shape index (κ3) is 3.93. The maximum atomic E-state index is 12.1. The highest BCUT2D eigenvalue weighted by Crippen LogP contribution is 2.34. The van der Waals surface area contributed by atoms with Gasteiger partial charge in [-0.2, -0.15) is 0 Å². The fraction of sp³-hybridized carbons (Fsp3) is 0.533. The van der Waals surface area contributed by atoms with Crippen molar-refractivity contribution in [2.45, 2.75) is 32.2 Å². The molecule has 6 nitrogen and oxygen atoms in total. The molecule has 0 spiro atoms. The molecule has 1 aromatic rings. The molecular weight excluding hydrogens is 270 g/mol. The quantitative estimate of drug-likeness (QED) is 0.619. The van der Waals surface area contributed by atoms with Crippen LogP contribution in [0.15, 0.2) is 24.3 Å². The van der Waals surface area contributed by atoms with Crippen LogP contribution in [0.2, 0.25) is 0 Å². The molecule has 21 heavy (non-hydrogen) atoms. The molecule has 0 bridgehead atoms. The summed E-state index contributed by atoms with van der Waals surface area (Å²) in [5.74, 6) is 0.711. The van der Waals surface area contributed by atoms with Crippen molar-refractivity contribution >= 4 is 17.3 Å². The lowest BCUT2D eigenvalue weighted by Gasteiger charge is -2.25. The Morgan fingerprint density at radius 2 is 2.14 bits per heavy atom. The van der Waals surface area contributed by atoms with Crippen molar-refractivity contribution in [1.29, 1.82) is 0 Å². The number of hydrogen-bond acceptors (Lipinski definition) is 4. The van der Waals surface area contributed by atoms with Crippen molar-refractivity contribution in [3.05, 3.63) is 34.4 Å². The largest absolute Gasteiger partial charge is 0.379 e. The van der Waals surface area contributed by atoms with Gasteiger partial charge in [-0.3, -0.25) is 14.9 Å². The number of carbonyl (C=O) groups excluding carboxylic acids is 1. The maximum absolute atomic E-state index is 12.1. The van der Waals surface area contributed by atoms with Gasteiger partial charge in [0, 0.05) is 32.1 Å². The average molecular weight is 291 g/mol. The number of nitro benzene ring substituents is 1. The SMILES string of the molecule is CC(C1CC1)N(C)C(=O)CCNc1ccccc1[N+](=O)[O-]. The van der Waals surface area contributed by atoms with Gasteiger partial charge in [0.25, 0.3) is 5.69 Å². The molecule has 1 N–H and O–H groups in total. The van der Waals surface area contributed by atoms with Crippen LogP contribution in [0.4, 0.5) is 11.4 Å². The Kier molecular flexibility index (Phi) is 4.77. The number of amides is 1. The second-order valence-electron chi connectivity index (χ2n) is 5.53. The molecule has 1 saturated carbocycles. The molecule has 114 valence electrons. The molecule has 0 saturated heterocycles. The Morgan fingerprint density at radius 1 is 1.48 bits per heavy atom. The summed E-state index contributed by atoms with van der Waals surface area (Å²) in [6.45, 7) is 2.47. The summed E-state index contributed by atoms with van der Waals surface area (Å²) in [6.07, 6.45) is 2.74. The third-order valence-electron chi connectivity index (χ3n) is 4.06. The van der Waals surface area contributed by atoms with Gasteiger partial charge in [0.15, 0.2) is 0 Å². The number of benzene rings is 1. The first-order valence-electron chi connectivity index (χ1n) is 7.23. The van der Waals surface area contributed by atoms with Crippen molar-refractivity contribution in [1.82, 2.24) is 4.90 Å².